The van der Waals surface area contributed by atoms with E-state index in [1.807, 2.05) is 11.4 Å². The first-order valence-corrected chi connectivity index (χ1v) is 7.56. The van der Waals surface area contributed by atoms with Crippen molar-refractivity contribution in [3.63, 3.8) is 0 Å². The second-order valence-electron chi connectivity index (χ2n) is 4.36. The molecule has 0 fully saturated rings. The molecule has 1 unspecified atom stereocenters. The van der Waals surface area contributed by atoms with Crippen LogP contribution in [0.25, 0.3) is 0 Å². The Labute approximate surface area is 118 Å². The van der Waals surface area contributed by atoms with E-state index >= 15 is 0 Å². The molecule has 0 spiro atoms. The topological polar surface area (TPSA) is 12.0 Å². The van der Waals surface area contributed by atoms with Crippen molar-refractivity contribution in [3.8, 4) is 0 Å². The molecule has 0 aliphatic rings. The van der Waals surface area contributed by atoms with Crippen LogP contribution >= 0.6 is 22.9 Å². The van der Waals surface area contributed by atoms with Crippen LogP contribution in [0.15, 0.2) is 41.8 Å². The van der Waals surface area contributed by atoms with Crippen molar-refractivity contribution in [3.05, 3.63) is 57.2 Å². The molecule has 2 rings (SSSR count). The van der Waals surface area contributed by atoms with Crippen LogP contribution in [-0.4, -0.2) is 0 Å². The van der Waals surface area contributed by atoms with Crippen LogP contribution in [0.2, 0.25) is 5.02 Å². The van der Waals surface area contributed by atoms with Gasteiger partial charge in [-0.1, -0.05) is 55.3 Å². The fourth-order valence-corrected chi connectivity index (χ4v) is 3.05. The van der Waals surface area contributed by atoms with E-state index in [-0.39, 0.29) is 0 Å². The zero-order chi connectivity index (χ0) is 12.8. The van der Waals surface area contributed by atoms with Gasteiger partial charge in [0.1, 0.15) is 0 Å². The molecule has 0 aliphatic heterocycles. The Morgan fingerprint density at radius 1 is 1.28 bits per heavy atom. The minimum absolute atomic E-state index is 0.428. The lowest BCUT2D eigenvalue weighted by molar-refractivity contribution is 0.496. The summed E-state index contributed by atoms with van der Waals surface area (Å²) in [6, 6.07) is 13.1. The van der Waals surface area contributed by atoms with Gasteiger partial charge < -0.3 is 5.32 Å². The summed E-state index contributed by atoms with van der Waals surface area (Å²) in [6.07, 6.45) is 2.33. The van der Waals surface area contributed by atoms with E-state index in [9.17, 15) is 0 Å². The SMILES string of the molecule is CCCC(NCc1cc(Cl)cs1)c1ccccc1. The summed E-state index contributed by atoms with van der Waals surface area (Å²) in [4.78, 5) is 1.29. The minimum atomic E-state index is 0.428. The molecule has 0 radical (unpaired) electrons. The maximum atomic E-state index is 5.94. The molecule has 1 nitrogen and oxygen atoms in total. The fourth-order valence-electron chi connectivity index (χ4n) is 2.03. The average molecular weight is 280 g/mol. The molecule has 1 aromatic heterocycles. The summed E-state index contributed by atoms with van der Waals surface area (Å²) in [6.45, 7) is 3.11. The van der Waals surface area contributed by atoms with Crippen molar-refractivity contribution in [1.29, 1.82) is 0 Å². The largest absolute Gasteiger partial charge is 0.305 e. The molecule has 2 aromatic rings. The van der Waals surface area contributed by atoms with Gasteiger partial charge in [0.2, 0.25) is 0 Å². The molecule has 1 aromatic carbocycles. The Balaban J connectivity index is 1.98. The van der Waals surface area contributed by atoms with Crippen molar-refractivity contribution in [2.75, 3.05) is 0 Å². The van der Waals surface area contributed by atoms with E-state index in [1.54, 1.807) is 11.3 Å². The zero-order valence-corrected chi connectivity index (χ0v) is 12.1. The van der Waals surface area contributed by atoms with Crippen LogP contribution in [0.5, 0.6) is 0 Å². The molecule has 3 heteroatoms. The summed E-state index contributed by atoms with van der Waals surface area (Å²) in [5.74, 6) is 0. The first-order chi connectivity index (χ1) is 8.79. The highest BCUT2D eigenvalue weighted by atomic mass is 35.5. The number of rotatable bonds is 6. The Bertz CT molecular complexity index is 466. The predicted molar refractivity (Wildman–Crippen MR) is 80.3 cm³/mol. The molecule has 1 atom stereocenters. The first-order valence-electron chi connectivity index (χ1n) is 6.31. The van der Waals surface area contributed by atoms with Crippen LogP contribution in [0, 0.1) is 0 Å². The molecule has 18 heavy (non-hydrogen) atoms. The van der Waals surface area contributed by atoms with Gasteiger partial charge in [0.15, 0.2) is 0 Å². The van der Waals surface area contributed by atoms with Gasteiger partial charge in [-0.25, -0.2) is 0 Å². The standard InChI is InChI=1S/C15H18ClNS/c1-2-6-15(12-7-4-3-5-8-12)17-10-14-9-13(16)11-18-14/h3-5,7-9,11,15,17H,2,6,10H2,1H3. The molecule has 1 N–H and O–H groups in total. The lowest BCUT2D eigenvalue weighted by Crippen LogP contribution is -2.20. The third kappa shape index (κ3) is 3.84. The van der Waals surface area contributed by atoms with Crippen molar-refractivity contribution >= 4 is 22.9 Å². The Hall–Kier alpha value is -0.830. The molecule has 0 amide bonds. The van der Waals surface area contributed by atoms with Gasteiger partial charge in [-0.05, 0) is 18.1 Å². The van der Waals surface area contributed by atoms with Crippen LogP contribution in [0.1, 0.15) is 36.2 Å². The Morgan fingerprint density at radius 3 is 2.67 bits per heavy atom. The van der Waals surface area contributed by atoms with Gasteiger partial charge in [-0.2, -0.15) is 0 Å². The van der Waals surface area contributed by atoms with Gasteiger partial charge >= 0.3 is 0 Å². The van der Waals surface area contributed by atoms with E-state index in [4.69, 9.17) is 11.6 Å². The van der Waals surface area contributed by atoms with E-state index in [0.29, 0.717) is 6.04 Å². The van der Waals surface area contributed by atoms with Crippen LogP contribution < -0.4 is 5.32 Å². The number of benzene rings is 1. The second kappa shape index (κ2) is 6.93. The van der Waals surface area contributed by atoms with Crippen LogP contribution in [0.3, 0.4) is 0 Å². The Morgan fingerprint density at radius 2 is 2.06 bits per heavy atom. The second-order valence-corrected chi connectivity index (χ2v) is 5.80. The molecular weight excluding hydrogens is 262 g/mol. The van der Waals surface area contributed by atoms with E-state index < -0.39 is 0 Å². The third-order valence-electron chi connectivity index (χ3n) is 2.92. The number of halogens is 1. The molecule has 0 bridgehead atoms. The van der Waals surface area contributed by atoms with Gasteiger partial charge in [-0.3, -0.25) is 0 Å². The molecule has 0 saturated carbocycles. The monoisotopic (exact) mass is 279 g/mol. The van der Waals surface area contributed by atoms with Crippen molar-refractivity contribution in [2.24, 2.45) is 0 Å². The van der Waals surface area contributed by atoms with Crippen molar-refractivity contribution < 1.29 is 0 Å². The number of thiophene rings is 1. The molecule has 1 heterocycles. The van der Waals surface area contributed by atoms with E-state index in [0.717, 1.165) is 18.0 Å². The maximum absolute atomic E-state index is 5.94. The summed E-state index contributed by atoms with van der Waals surface area (Å²) in [7, 11) is 0. The summed E-state index contributed by atoms with van der Waals surface area (Å²) in [5.41, 5.74) is 1.36. The molecular formula is C15H18ClNS. The average Bonchev–Trinajstić information content (AvgIpc) is 2.81. The van der Waals surface area contributed by atoms with Crippen LogP contribution in [0.4, 0.5) is 0 Å². The normalized spacial score (nSPS) is 12.6. The van der Waals surface area contributed by atoms with Gasteiger partial charge in [0, 0.05) is 22.8 Å². The number of hydrogen-bond donors (Lipinski definition) is 1. The van der Waals surface area contributed by atoms with Crippen molar-refractivity contribution in [2.45, 2.75) is 32.4 Å². The highest BCUT2D eigenvalue weighted by molar-refractivity contribution is 7.10. The summed E-state index contributed by atoms with van der Waals surface area (Å²) in [5, 5.41) is 6.44. The highest BCUT2D eigenvalue weighted by Crippen LogP contribution is 2.22. The Kier molecular flexibility index (Phi) is 5.24. The number of nitrogens with one attached hydrogen (secondary N) is 1. The third-order valence-corrected chi connectivity index (χ3v) is 4.21. The van der Waals surface area contributed by atoms with Gasteiger partial charge in [0.05, 0.1) is 5.02 Å². The van der Waals surface area contributed by atoms with Gasteiger partial charge in [-0.15, -0.1) is 11.3 Å². The van der Waals surface area contributed by atoms with E-state index in [1.165, 1.54) is 16.9 Å². The lowest BCUT2D eigenvalue weighted by atomic mass is 10.0. The minimum Gasteiger partial charge on any atom is -0.305 e. The fraction of sp³-hybridized carbons (Fsp3) is 0.333. The van der Waals surface area contributed by atoms with E-state index in [2.05, 4.69) is 42.6 Å². The summed E-state index contributed by atoms with van der Waals surface area (Å²) >= 11 is 7.65. The maximum Gasteiger partial charge on any atom is 0.0516 e. The quantitative estimate of drug-likeness (QED) is 0.782. The first kappa shape index (κ1) is 13.6. The number of hydrogen-bond acceptors (Lipinski definition) is 2. The van der Waals surface area contributed by atoms with Gasteiger partial charge in [0.25, 0.3) is 0 Å². The summed E-state index contributed by atoms with van der Waals surface area (Å²) < 4.78 is 0. The molecule has 96 valence electrons. The zero-order valence-electron chi connectivity index (χ0n) is 10.5. The highest BCUT2D eigenvalue weighted by Gasteiger charge is 2.09. The smallest absolute Gasteiger partial charge is 0.0516 e. The molecule has 0 aliphatic carbocycles. The van der Waals surface area contributed by atoms with Crippen LogP contribution in [-0.2, 0) is 6.54 Å². The van der Waals surface area contributed by atoms with Crippen molar-refractivity contribution in [1.82, 2.24) is 5.32 Å². The molecule has 0 saturated heterocycles. The lowest BCUT2D eigenvalue weighted by Gasteiger charge is -2.18. The predicted octanol–water partition coefficient (Wildman–Crippen LogP) is 5.03.